The molecule has 0 bridgehead atoms. The molecule has 0 saturated carbocycles. The van der Waals surface area contributed by atoms with Crippen LogP contribution in [-0.4, -0.2) is 9.13 Å². The molecule has 6 heteroatoms. The minimum Gasteiger partial charge on any atom is -0.454 e. The third-order valence-electron chi connectivity index (χ3n) is 13.0. The van der Waals surface area contributed by atoms with Crippen molar-refractivity contribution in [2.24, 2.45) is 0 Å². The van der Waals surface area contributed by atoms with E-state index < -0.39 is 0 Å². The molecule has 0 aliphatic heterocycles. The number of fused-ring (bicyclic) bond motifs is 14. The number of benzene rings is 9. The maximum absolute atomic E-state index is 16.8. The van der Waals surface area contributed by atoms with Crippen LogP contribution >= 0.6 is 0 Å². The SMILES string of the molecule is Cc1c(-c2ccccc2F)c(-n2c3ccccc3c3ccc4c5ccccc5oc4c32)c(C)c(-n2c3ccccc3c3ccc4c5ccccc5oc4c32)c1-c1ccccc1F. The molecule has 0 unspecified atom stereocenters. The minimum atomic E-state index is -0.376. The van der Waals surface area contributed by atoms with Gasteiger partial charge in [-0.05, 0) is 73.5 Å². The van der Waals surface area contributed by atoms with E-state index in [-0.39, 0.29) is 11.6 Å². The number of aromatic nitrogens is 2. The zero-order valence-electron chi connectivity index (χ0n) is 33.6. The zero-order chi connectivity index (χ0) is 41.4. The second kappa shape index (κ2) is 12.8. The van der Waals surface area contributed by atoms with Gasteiger partial charge >= 0.3 is 0 Å². The van der Waals surface area contributed by atoms with E-state index >= 15 is 8.78 Å². The summed E-state index contributed by atoms with van der Waals surface area (Å²) in [5.41, 5.74) is 11.9. The van der Waals surface area contributed by atoms with E-state index in [1.807, 2.05) is 91.9 Å². The Morgan fingerprint density at radius 2 is 0.726 bits per heavy atom. The molecule has 0 N–H and O–H groups in total. The monoisotopic (exact) mass is 804 g/mol. The summed E-state index contributed by atoms with van der Waals surface area (Å²) in [7, 11) is 0. The summed E-state index contributed by atoms with van der Waals surface area (Å²) in [6.07, 6.45) is 0. The van der Waals surface area contributed by atoms with Gasteiger partial charge in [-0.3, -0.25) is 0 Å². The number of furan rings is 2. The molecule has 9 aromatic carbocycles. The van der Waals surface area contributed by atoms with Crippen molar-refractivity contribution in [1.29, 1.82) is 0 Å². The summed E-state index contributed by atoms with van der Waals surface area (Å²) in [6, 6.07) is 55.3. The molecule has 0 aliphatic carbocycles. The van der Waals surface area contributed by atoms with Crippen molar-refractivity contribution >= 4 is 87.5 Å². The van der Waals surface area contributed by atoms with Crippen LogP contribution in [-0.2, 0) is 0 Å². The molecular weight excluding hydrogens is 771 g/mol. The molecule has 13 aromatic rings. The first-order chi connectivity index (χ1) is 30.5. The lowest BCUT2D eigenvalue weighted by atomic mass is 9.86. The van der Waals surface area contributed by atoms with E-state index in [1.165, 1.54) is 12.1 Å². The fourth-order valence-corrected chi connectivity index (χ4v) is 10.4. The van der Waals surface area contributed by atoms with Crippen molar-refractivity contribution < 1.29 is 17.6 Å². The lowest BCUT2D eigenvalue weighted by Crippen LogP contribution is -2.11. The highest BCUT2D eigenvalue weighted by Crippen LogP contribution is 2.51. The Bertz CT molecular complexity index is 3790. The van der Waals surface area contributed by atoms with Gasteiger partial charge in [-0.25, -0.2) is 8.78 Å². The van der Waals surface area contributed by atoms with Gasteiger partial charge in [0.25, 0.3) is 0 Å². The molecule has 4 heterocycles. The Morgan fingerprint density at radius 3 is 1.18 bits per heavy atom. The molecule has 62 heavy (non-hydrogen) atoms. The van der Waals surface area contributed by atoms with Gasteiger partial charge in [0.15, 0.2) is 11.2 Å². The summed E-state index contributed by atoms with van der Waals surface area (Å²) in [6.45, 7) is 4.10. The van der Waals surface area contributed by atoms with Crippen molar-refractivity contribution in [2.75, 3.05) is 0 Å². The van der Waals surface area contributed by atoms with Crippen LogP contribution in [0.4, 0.5) is 8.78 Å². The predicted octanol–water partition coefficient (Wildman–Crippen LogP) is 15.9. The highest BCUT2D eigenvalue weighted by Gasteiger charge is 2.31. The third kappa shape index (κ3) is 4.58. The van der Waals surface area contributed by atoms with Gasteiger partial charge in [-0.1, -0.05) is 121 Å². The maximum Gasteiger partial charge on any atom is 0.160 e. The second-order valence-electron chi connectivity index (χ2n) is 16.2. The van der Waals surface area contributed by atoms with Crippen LogP contribution in [0, 0.1) is 25.5 Å². The van der Waals surface area contributed by atoms with Crippen LogP contribution in [0.3, 0.4) is 0 Å². The Labute approximate surface area is 353 Å². The molecule has 0 fully saturated rings. The Balaban J connectivity index is 1.32. The van der Waals surface area contributed by atoms with Crippen LogP contribution in [0.1, 0.15) is 11.1 Å². The van der Waals surface area contributed by atoms with Gasteiger partial charge in [0.1, 0.15) is 22.8 Å². The quantitative estimate of drug-likeness (QED) is 0.178. The van der Waals surface area contributed by atoms with Crippen LogP contribution in [0.15, 0.2) is 179 Å². The standard InChI is InChI=1S/C56H34F2N2O2/c1-31-49(41-19-3-9-21-43(41)57)51(59-45-23-11-5-15-33(45)37-27-29-39-35-17-7-13-25-47(35)61-55(39)53(37)59)32(2)52(50(31)42-20-4-10-22-44(42)58)60-46-24-12-6-16-34(46)38-28-30-40-36-18-8-14-26-48(36)62-56(40)54(38)60/h3-30H,1-2H3. The van der Waals surface area contributed by atoms with Crippen molar-refractivity contribution in [2.45, 2.75) is 13.8 Å². The van der Waals surface area contributed by atoms with Crippen molar-refractivity contribution in [3.05, 3.63) is 193 Å². The molecule has 0 aliphatic rings. The molecule has 13 rings (SSSR count). The summed E-state index contributed by atoms with van der Waals surface area (Å²) in [4.78, 5) is 0. The first-order valence-corrected chi connectivity index (χ1v) is 20.8. The molecular formula is C56H34F2N2O2. The van der Waals surface area contributed by atoms with Crippen LogP contribution in [0.25, 0.3) is 121 Å². The Hall–Kier alpha value is -7.96. The lowest BCUT2D eigenvalue weighted by Gasteiger charge is -2.27. The molecule has 294 valence electrons. The third-order valence-corrected chi connectivity index (χ3v) is 13.0. The van der Waals surface area contributed by atoms with Crippen molar-refractivity contribution in [3.8, 4) is 33.6 Å². The van der Waals surface area contributed by atoms with Gasteiger partial charge in [0.2, 0.25) is 0 Å². The molecule has 0 amide bonds. The van der Waals surface area contributed by atoms with E-state index in [0.29, 0.717) is 22.3 Å². The number of rotatable bonds is 4. The second-order valence-corrected chi connectivity index (χ2v) is 16.2. The average molecular weight is 805 g/mol. The molecule has 4 nitrogen and oxygen atoms in total. The highest BCUT2D eigenvalue weighted by molar-refractivity contribution is 6.24. The molecule has 0 saturated heterocycles. The first-order valence-electron chi connectivity index (χ1n) is 20.8. The number of halogens is 2. The number of nitrogens with zero attached hydrogens (tertiary/aromatic N) is 2. The zero-order valence-corrected chi connectivity index (χ0v) is 33.6. The first kappa shape index (κ1) is 34.9. The summed E-state index contributed by atoms with van der Waals surface area (Å²) >= 11 is 0. The van der Waals surface area contributed by atoms with Crippen LogP contribution < -0.4 is 0 Å². The van der Waals surface area contributed by atoms with E-state index in [4.69, 9.17) is 8.83 Å². The Kier molecular flexibility index (Phi) is 7.18. The number of para-hydroxylation sites is 4. The van der Waals surface area contributed by atoms with Crippen molar-refractivity contribution in [1.82, 2.24) is 9.13 Å². The fourth-order valence-electron chi connectivity index (χ4n) is 10.4. The van der Waals surface area contributed by atoms with Gasteiger partial charge < -0.3 is 18.0 Å². The van der Waals surface area contributed by atoms with Gasteiger partial charge in [0, 0.05) is 65.3 Å². The summed E-state index contributed by atoms with van der Waals surface area (Å²) < 4.78 is 51.8. The van der Waals surface area contributed by atoms with Gasteiger partial charge in [0.05, 0.1) is 33.4 Å². The minimum absolute atomic E-state index is 0.376. The number of hydrogen-bond acceptors (Lipinski definition) is 2. The summed E-state index contributed by atoms with van der Waals surface area (Å²) in [5, 5.41) is 8.06. The number of hydrogen-bond donors (Lipinski definition) is 0. The lowest BCUT2D eigenvalue weighted by molar-refractivity contribution is 0.630. The Morgan fingerprint density at radius 1 is 0.355 bits per heavy atom. The fraction of sp³-hybridized carbons (Fsp3) is 0.0357. The van der Waals surface area contributed by atoms with E-state index in [2.05, 4.69) is 76.7 Å². The van der Waals surface area contributed by atoms with Gasteiger partial charge in [-0.15, -0.1) is 0 Å². The highest BCUT2D eigenvalue weighted by atomic mass is 19.1. The maximum atomic E-state index is 16.8. The van der Waals surface area contributed by atoms with E-state index in [9.17, 15) is 0 Å². The van der Waals surface area contributed by atoms with Crippen molar-refractivity contribution in [3.63, 3.8) is 0 Å². The van der Waals surface area contributed by atoms with E-state index in [1.54, 1.807) is 12.1 Å². The van der Waals surface area contributed by atoms with Crippen LogP contribution in [0.2, 0.25) is 0 Å². The molecule has 0 spiro atoms. The summed E-state index contributed by atoms with van der Waals surface area (Å²) in [5.74, 6) is -0.752. The molecule has 4 aromatic heterocycles. The average Bonchev–Trinajstić information content (AvgIpc) is 4.05. The predicted molar refractivity (Wildman–Crippen MR) is 250 cm³/mol. The molecule has 0 atom stereocenters. The molecule has 0 radical (unpaired) electrons. The smallest absolute Gasteiger partial charge is 0.160 e. The largest absolute Gasteiger partial charge is 0.454 e. The normalized spacial score (nSPS) is 12.2. The van der Waals surface area contributed by atoms with Gasteiger partial charge in [-0.2, -0.15) is 0 Å². The van der Waals surface area contributed by atoms with E-state index in [0.717, 1.165) is 110 Å². The topological polar surface area (TPSA) is 36.1 Å². The van der Waals surface area contributed by atoms with Crippen LogP contribution in [0.5, 0.6) is 0 Å².